The first-order valence-corrected chi connectivity index (χ1v) is 7.96. The average Bonchev–Trinajstić information content (AvgIpc) is 3.09. The lowest BCUT2D eigenvalue weighted by Crippen LogP contribution is -2.57. The first-order valence-electron chi connectivity index (χ1n) is 7.96. The van der Waals surface area contributed by atoms with Gasteiger partial charge in [0.15, 0.2) is 0 Å². The topological polar surface area (TPSA) is 55.8 Å². The monoisotopic (exact) mass is 283 g/mol. The maximum atomic E-state index is 11.6. The number of carboxylic acids is 1. The molecule has 116 valence electrons. The molecule has 2 N–H and O–H groups in total. The maximum Gasteiger partial charge on any atom is 0.324 e. The highest BCUT2D eigenvalue weighted by Crippen LogP contribution is 2.24. The molecule has 1 heterocycles. The highest BCUT2D eigenvalue weighted by molar-refractivity contribution is 5.78. The number of likely N-dealkylation sites (N-methyl/N-ethyl adjacent to an activating group) is 1. The van der Waals surface area contributed by atoms with Crippen molar-refractivity contribution in [3.63, 3.8) is 0 Å². The maximum absolute atomic E-state index is 11.6. The van der Waals surface area contributed by atoms with Gasteiger partial charge in [-0.1, -0.05) is 13.8 Å². The van der Waals surface area contributed by atoms with Crippen molar-refractivity contribution in [3.8, 4) is 0 Å². The van der Waals surface area contributed by atoms with E-state index in [1.54, 1.807) is 0 Å². The summed E-state index contributed by atoms with van der Waals surface area (Å²) in [5, 5.41) is 12.8. The summed E-state index contributed by atoms with van der Waals surface area (Å²) >= 11 is 0. The average molecular weight is 283 g/mol. The Balaban J connectivity index is 1.90. The molecular formula is C15H29N3O2. The molecule has 0 radical (unpaired) electrons. The minimum Gasteiger partial charge on any atom is -0.480 e. The van der Waals surface area contributed by atoms with Crippen molar-refractivity contribution in [2.24, 2.45) is 0 Å². The van der Waals surface area contributed by atoms with E-state index in [4.69, 9.17) is 0 Å². The summed E-state index contributed by atoms with van der Waals surface area (Å²) in [4.78, 5) is 16.4. The van der Waals surface area contributed by atoms with Crippen LogP contribution in [-0.2, 0) is 4.79 Å². The number of hydrogen-bond donors (Lipinski definition) is 2. The van der Waals surface area contributed by atoms with Gasteiger partial charge in [-0.25, -0.2) is 0 Å². The van der Waals surface area contributed by atoms with Gasteiger partial charge in [-0.3, -0.25) is 19.9 Å². The second-order valence-electron chi connectivity index (χ2n) is 6.45. The summed E-state index contributed by atoms with van der Waals surface area (Å²) in [6.07, 6.45) is 3.39. The molecule has 5 nitrogen and oxygen atoms in total. The van der Waals surface area contributed by atoms with Crippen molar-refractivity contribution < 1.29 is 9.90 Å². The Kier molecular flexibility index (Phi) is 5.04. The second-order valence-corrected chi connectivity index (χ2v) is 6.45. The molecule has 2 rings (SSSR count). The van der Waals surface area contributed by atoms with E-state index in [0.29, 0.717) is 18.6 Å². The van der Waals surface area contributed by atoms with E-state index in [0.717, 1.165) is 45.4 Å². The predicted octanol–water partition coefficient (Wildman–Crippen LogP) is 0.998. The molecule has 0 aromatic heterocycles. The third-order valence-corrected chi connectivity index (χ3v) is 4.69. The zero-order valence-electron chi connectivity index (χ0n) is 13.1. The lowest BCUT2D eigenvalue weighted by molar-refractivity contribution is -0.145. The molecule has 1 aliphatic carbocycles. The zero-order valence-corrected chi connectivity index (χ0v) is 13.1. The summed E-state index contributed by atoms with van der Waals surface area (Å²) < 4.78 is 0. The number of carboxylic acid groups (broad SMARTS) is 1. The Morgan fingerprint density at radius 1 is 1.35 bits per heavy atom. The van der Waals surface area contributed by atoms with Crippen LogP contribution in [0, 0.1) is 0 Å². The van der Waals surface area contributed by atoms with Crippen molar-refractivity contribution in [1.82, 2.24) is 15.1 Å². The van der Waals surface area contributed by atoms with Gasteiger partial charge in [0.1, 0.15) is 5.54 Å². The number of nitrogens with zero attached hydrogens (tertiary/aromatic N) is 2. The molecule has 0 bridgehead atoms. The Morgan fingerprint density at radius 2 is 2.00 bits per heavy atom. The molecule has 0 aromatic rings. The van der Waals surface area contributed by atoms with Crippen LogP contribution >= 0.6 is 0 Å². The lowest BCUT2D eigenvalue weighted by Gasteiger charge is -2.32. The highest BCUT2D eigenvalue weighted by Gasteiger charge is 2.41. The first kappa shape index (κ1) is 15.7. The van der Waals surface area contributed by atoms with Crippen LogP contribution in [0.3, 0.4) is 0 Å². The largest absolute Gasteiger partial charge is 0.480 e. The van der Waals surface area contributed by atoms with Gasteiger partial charge in [0.05, 0.1) is 0 Å². The van der Waals surface area contributed by atoms with Crippen LogP contribution in [0.25, 0.3) is 0 Å². The quantitative estimate of drug-likeness (QED) is 0.696. The van der Waals surface area contributed by atoms with Crippen LogP contribution in [-0.4, -0.2) is 71.2 Å². The molecule has 1 aliphatic heterocycles. The Labute approximate surface area is 122 Å². The number of carbonyl (C=O) groups is 1. The minimum absolute atomic E-state index is 0.414. The fourth-order valence-electron chi connectivity index (χ4n) is 3.29. The van der Waals surface area contributed by atoms with Gasteiger partial charge in [0.25, 0.3) is 0 Å². The fraction of sp³-hybridized carbons (Fsp3) is 0.933. The van der Waals surface area contributed by atoms with E-state index in [-0.39, 0.29) is 0 Å². The van der Waals surface area contributed by atoms with Crippen LogP contribution in [0.4, 0.5) is 0 Å². The molecule has 2 atom stereocenters. The van der Waals surface area contributed by atoms with E-state index >= 15 is 0 Å². The molecule has 1 saturated carbocycles. The molecule has 2 aliphatic rings. The van der Waals surface area contributed by atoms with Gasteiger partial charge in [-0.2, -0.15) is 0 Å². The van der Waals surface area contributed by atoms with Gasteiger partial charge in [0, 0.05) is 25.2 Å². The third-order valence-electron chi connectivity index (χ3n) is 4.69. The van der Waals surface area contributed by atoms with Crippen LogP contribution < -0.4 is 5.32 Å². The first-order chi connectivity index (χ1) is 9.48. The van der Waals surface area contributed by atoms with Crippen LogP contribution in [0.2, 0.25) is 0 Å². The molecule has 20 heavy (non-hydrogen) atoms. The summed E-state index contributed by atoms with van der Waals surface area (Å²) in [7, 11) is 0. The predicted molar refractivity (Wildman–Crippen MR) is 80.0 cm³/mol. The van der Waals surface area contributed by atoms with E-state index < -0.39 is 11.5 Å². The number of likely N-dealkylation sites (tertiary alicyclic amines) is 1. The lowest BCUT2D eigenvalue weighted by atomic mass is 10.0. The molecule has 2 fully saturated rings. The molecule has 1 saturated heterocycles. The highest BCUT2D eigenvalue weighted by atomic mass is 16.4. The van der Waals surface area contributed by atoms with Gasteiger partial charge in [-0.15, -0.1) is 0 Å². The number of rotatable bonds is 8. The van der Waals surface area contributed by atoms with Gasteiger partial charge >= 0.3 is 5.97 Å². The second kappa shape index (κ2) is 6.41. The molecule has 0 spiro atoms. The normalized spacial score (nSPS) is 26.9. The Morgan fingerprint density at radius 3 is 2.50 bits per heavy atom. The molecule has 5 heteroatoms. The van der Waals surface area contributed by atoms with E-state index in [1.165, 1.54) is 0 Å². The smallest absolute Gasteiger partial charge is 0.324 e. The molecular weight excluding hydrogens is 254 g/mol. The Bertz CT molecular complexity index is 342. The third kappa shape index (κ3) is 3.71. The van der Waals surface area contributed by atoms with Gasteiger partial charge < -0.3 is 5.11 Å². The fourth-order valence-corrected chi connectivity index (χ4v) is 3.29. The number of aliphatic carboxylic acids is 1. The number of nitrogens with one attached hydrogen (secondary N) is 1. The summed E-state index contributed by atoms with van der Waals surface area (Å²) in [5.74, 6) is -0.726. The molecule has 2 unspecified atom stereocenters. The van der Waals surface area contributed by atoms with Gasteiger partial charge in [-0.05, 0) is 45.8 Å². The van der Waals surface area contributed by atoms with Crippen LogP contribution in [0.5, 0.6) is 0 Å². The molecule has 0 aromatic carbocycles. The summed E-state index contributed by atoms with van der Waals surface area (Å²) in [6.45, 7) is 11.0. The van der Waals surface area contributed by atoms with Crippen molar-refractivity contribution in [2.75, 3.05) is 32.7 Å². The van der Waals surface area contributed by atoms with Crippen molar-refractivity contribution in [2.45, 2.75) is 57.7 Å². The minimum atomic E-state index is -0.806. The van der Waals surface area contributed by atoms with E-state index in [2.05, 4.69) is 29.0 Å². The standard InChI is InChI=1S/C15H29N3O2/c1-4-18(5-2)13-8-9-17(10-13)11-15(3,14(19)20)16-12-6-7-12/h12-13,16H,4-11H2,1-3H3,(H,19,20). The van der Waals surface area contributed by atoms with Crippen molar-refractivity contribution >= 4 is 5.97 Å². The van der Waals surface area contributed by atoms with Crippen molar-refractivity contribution in [3.05, 3.63) is 0 Å². The van der Waals surface area contributed by atoms with Crippen molar-refractivity contribution in [1.29, 1.82) is 0 Å². The van der Waals surface area contributed by atoms with Crippen LogP contribution in [0.1, 0.15) is 40.0 Å². The van der Waals surface area contributed by atoms with Gasteiger partial charge in [0.2, 0.25) is 0 Å². The van der Waals surface area contributed by atoms with Crippen LogP contribution in [0.15, 0.2) is 0 Å². The molecule has 0 amide bonds. The van der Waals surface area contributed by atoms with E-state index in [9.17, 15) is 9.90 Å². The summed E-state index contributed by atoms with van der Waals surface area (Å²) in [6, 6.07) is 1.00. The Hall–Kier alpha value is -0.650. The SMILES string of the molecule is CCN(CC)C1CCN(CC(C)(NC2CC2)C(=O)O)C1. The number of hydrogen-bond acceptors (Lipinski definition) is 4. The van der Waals surface area contributed by atoms with E-state index in [1.807, 2.05) is 6.92 Å². The summed E-state index contributed by atoms with van der Waals surface area (Å²) in [5.41, 5.74) is -0.806. The zero-order chi connectivity index (χ0) is 14.8.